The third-order valence-electron chi connectivity index (χ3n) is 3.76. The lowest BCUT2D eigenvalue weighted by molar-refractivity contribution is 0.0983. The van der Waals surface area contributed by atoms with Crippen LogP contribution >= 0.6 is 0 Å². The second-order valence-corrected chi connectivity index (χ2v) is 5.57. The van der Waals surface area contributed by atoms with Gasteiger partial charge < -0.3 is 9.64 Å². The molecule has 0 spiro atoms. The summed E-state index contributed by atoms with van der Waals surface area (Å²) in [6.07, 6.45) is 6.87. The molecule has 124 valence electrons. The van der Waals surface area contributed by atoms with Gasteiger partial charge in [0.15, 0.2) is 0 Å². The van der Waals surface area contributed by atoms with E-state index in [1.165, 1.54) is 5.57 Å². The van der Waals surface area contributed by atoms with Gasteiger partial charge in [-0.1, -0.05) is 30.8 Å². The van der Waals surface area contributed by atoms with E-state index < -0.39 is 0 Å². The normalized spacial score (nSPS) is 13.5. The summed E-state index contributed by atoms with van der Waals surface area (Å²) in [7, 11) is 0. The highest BCUT2D eigenvalue weighted by Gasteiger charge is 2.19. The first-order valence-electron chi connectivity index (χ1n) is 8.20. The first-order valence-corrected chi connectivity index (χ1v) is 8.20. The van der Waals surface area contributed by atoms with Gasteiger partial charge in [-0.25, -0.2) is 9.78 Å². The van der Waals surface area contributed by atoms with Crippen molar-refractivity contribution < 1.29 is 9.53 Å². The lowest BCUT2D eigenvalue weighted by Gasteiger charge is -2.27. The van der Waals surface area contributed by atoms with Gasteiger partial charge in [0, 0.05) is 24.8 Å². The second-order valence-electron chi connectivity index (χ2n) is 5.57. The SMILES string of the molecule is CCCCOC(=O)N1CCC(=CC#Cc2ccc(C#N)nc2)CC1. The smallest absolute Gasteiger partial charge is 0.409 e. The third-order valence-corrected chi connectivity index (χ3v) is 3.76. The molecule has 0 atom stereocenters. The number of carbonyl (C=O) groups excluding carboxylic acids is 1. The molecular formula is C19H21N3O2. The highest BCUT2D eigenvalue weighted by atomic mass is 16.6. The van der Waals surface area contributed by atoms with Crippen LogP contribution in [0.5, 0.6) is 0 Å². The van der Waals surface area contributed by atoms with Gasteiger partial charge in [0.2, 0.25) is 0 Å². The molecule has 24 heavy (non-hydrogen) atoms. The van der Waals surface area contributed by atoms with Crippen LogP contribution < -0.4 is 0 Å². The van der Waals surface area contributed by atoms with Crippen molar-refractivity contribution in [2.24, 2.45) is 0 Å². The highest BCUT2D eigenvalue weighted by Crippen LogP contribution is 2.16. The Kier molecular flexibility index (Phi) is 6.86. The van der Waals surface area contributed by atoms with Crippen molar-refractivity contribution in [1.82, 2.24) is 9.88 Å². The summed E-state index contributed by atoms with van der Waals surface area (Å²) >= 11 is 0. The maximum Gasteiger partial charge on any atom is 0.409 e. The van der Waals surface area contributed by atoms with Crippen molar-refractivity contribution in [3.05, 3.63) is 41.2 Å². The minimum absolute atomic E-state index is 0.211. The number of carbonyl (C=O) groups is 1. The number of nitrogens with zero attached hydrogens (tertiary/aromatic N) is 3. The molecule has 5 nitrogen and oxygen atoms in total. The van der Waals surface area contributed by atoms with Gasteiger partial charge in [-0.05, 0) is 37.5 Å². The van der Waals surface area contributed by atoms with Crippen molar-refractivity contribution in [2.45, 2.75) is 32.6 Å². The number of ether oxygens (including phenoxy) is 1. The summed E-state index contributed by atoms with van der Waals surface area (Å²) in [6.45, 7) is 3.92. The summed E-state index contributed by atoms with van der Waals surface area (Å²) in [6, 6.07) is 5.41. The first kappa shape index (κ1) is 17.6. The van der Waals surface area contributed by atoms with E-state index in [1.807, 2.05) is 12.1 Å². The summed E-state index contributed by atoms with van der Waals surface area (Å²) in [5.74, 6) is 6.03. The fourth-order valence-electron chi connectivity index (χ4n) is 2.27. The van der Waals surface area contributed by atoms with Crippen LogP contribution in [0.3, 0.4) is 0 Å². The zero-order valence-corrected chi connectivity index (χ0v) is 13.9. The standard InChI is InChI=1S/C19H21N3O2/c1-2-3-13-24-19(23)22-11-9-16(10-12-22)5-4-6-17-7-8-18(14-20)21-15-17/h5,7-8,15H,2-3,9-13H2,1H3. The Balaban J connectivity index is 1.81. The number of hydrogen-bond donors (Lipinski definition) is 0. The Morgan fingerprint density at radius 2 is 2.21 bits per heavy atom. The molecule has 0 aromatic carbocycles. The lowest BCUT2D eigenvalue weighted by atomic mass is 10.0. The Morgan fingerprint density at radius 1 is 1.42 bits per heavy atom. The number of amides is 1. The number of rotatable bonds is 3. The molecular weight excluding hydrogens is 302 g/mol. The van der Waals surface area contributed by atoms with Crippen LogP contribution in [0.25, 0.3) is 0 Å². The zero-order chi connectivity index (χ0) is 17.2. The number of piperidine rings is 1. The molecule has 0 radical (unpaired) electrons. The number of allylic oxidation sites excluding steroid dienone is 1. The van der Waals surface area contributed by atoms with Gasteiger partial charge in [-0.15, -0.1) is 0 Å². The topological polar surface area (TPSA) is 66.2 Å². The van der Waals surface area contributed by atoms with E-state index in [9.17, 15) is 4.79 Å². The summed E-state index contributed by atoms with van der Waals surface area (Å²) in [5.41, 5.74) is 2.40. The molecule has 0 bridgehead atoms. The monoisotopic (exact) mass is 323 g/mol. The van der Waals surface area contributed by atoms with Crippen LogP contribution in [0.2, 0.25) is 0 Å². The minimum atomic E-state index is -0.211. The minimum Gasteiger partial charge on any atom is -0.449 e. The van der Waals surface area contributed by atoms with Gasteiger partial charge in [0.05, 0.1) is 6.61 Å². The predicted molar refractivity (Wildman–Crippen MR) is 91.0 cm³/mol. The van der Waals surface area contributed by atoms with Crippen LogP contribution in [0.15, 0.2) is 30.0 Å². The van der Waals surface area contributed by atoms with Crippen LogP contribution in [0, 0.1) is 23.2 Å². The molecule has 1 saturated heterocycles. The maximum atomic E-state index is 11.9. The van der Waals surface area contributed by atoms with Crippen molar-refractivity contribution >= 4 is 6.09 Å². The average Bonchev–Trinajstić information content (AvgIpc) is 2.63. The Labute approximate surface area is 142 Å². The Bertz CT molecular complexity index is 680. The van der Waals surface area contributed by atoms with Gasteiger partial charge in [-0.2, -0.15) is 5.26 Å². The maximum absolute atomic E-state index is 11.9. The van der Waals surface area contributed by atoms with Crippen LogP contribution in [-0.2, 0) is 4.74 Å². The van der Waals surface area contributed by atoms with Crippen LogP contribution in [0.1, 0.15) is 43.9 Å². The lowest BCUT2D eigenvalue weighted by Crippen LogP contribution is -2.36. The van der Waals surface area contributed by atoms with E-state index in [0.29, 0.717) is 25.4 Å². The molecule has 1 aliphatic heterocycles. The van der Waals surface area contributed by atoms with Crippen molar-refractivity contribution in [1.29, 1.82) is 5.26 Å². The average molecular weight is 323 g/mol. The molecule has 2 heterocycles. The summed E-state index contributed by atoms with van der Waals surface area (Å²) < 4.78 is 5.22. The van der Waals surface area contributed by atoms with E-state index in [2.05, 4.69) is 23.7 Å². The molecule has 0 unspecified atom stereocenters. The first-order chi connectivity index (χ1) is 11.7. The van der Waals surface area contributed by atoms with Gasteiger partial charge in [0.25, 0.3) is 0 Å². The molecule has 0 aliphatic carbocycles. The predicted octanol–water partition coefficient (Wildman–Crippen LogP) is 3.26. The van der Waals surface area contributed by atoms with Crippen molar-refractivity contribution in [3.8, 4) is 17.9 Å². The van der Waals surface area contributed by atoms with Crippen molar-refractivity contribution in [2.75, 3.05) is 19.7 Å². The Hall–Kier alpha value is -2.79. The summed E-state index contributed by atoms with van der Waals surface area (Å²) in [5, 5.41) is 8.70. The van der Waals surface area contributed by atoms with Crippen LogP contribution in [0.4, 0.5) is 4.79 Å². The number of unbranched alkanes of at least 4 members (excludes halogenated alkanes) is 1. The van der Waals surface area contributed by atoms with Gasteiger partial charge in [-0.3, -0.25) is 0 Å². The molecule has 1 aliphatic rings. The molecule has 2 rings (SSSR count). The quantitative estimate of drug-likeness (QED) is 0.632. The van der Waals surface area contributed by atoms with Gasteiger partial charge >= 0.3 is 6.09 Å². The number of nitriles is 1. The van der Waals surface area contributed by atoms with E-state index in [-0.39, 0.29) is 6.09 Å². The fourth-order valence-corrected chi connectivity index (χ4v) is 2.27. The third kappa shape index (κ3) is 5.44. The molecule has 0 N–H and O–H groups in total. The van der Waals surface area contributed by atoms with E-state index >= 15 is 0 Å². The molecule has 1 aromatic rings. The second kappa shape index (κ2) is 9.37. The molecule has 1 amide bonds. The Morgan fingerprint density at radius 3 is 2.83 bits per heavy atom. The fraction of sp³-hybridized carbons (Fsp3) is 0.421. The molecule has 1 aromatic heterocycles. The van der Waals surface area contributed by atoms with E-state index in [1.54, 1.807) is 23.2 Å². The van der Waals surface area contributed by atoms with E-state index in [0.717, 1.165) is 31.2 Å². The molecule has 5 heteroatoms. The largest absolute Gasteiger partial charge is 0.449 e. The number of aromatic nitrogens is 1. The van der Waals surface area contributed by atoms with E-state index in [4.69, 9.17) is 10.00 Å². The van der Waals surface area contributed by atoms with Crippen molar-refractivity contribution in [3.63, 3.8) is 0 Å². The number of pyridine rings is 1. The zero-order valence-electron chi connectivity index (χ0n) is 13.9. The molecule has 0 saturated carbocycles. The molecule has 1 fully saturated rings. The highest BCUT2D eigenvalue weighted by molar-refractivity contribution is 5.67. The number of hydrogen-bond acceptors (Lipinski definition) is 4. The van der Waals surface area contributed by atoms with Crippen LogP contribution in [-0.4, -0.2) is 35.7 Å². The summed E-state index contributed by atoms with van der Waals surface area (Å²) in [4.78, 5) is 17.6. The van der Waals surface area contributed by atoms with Gasteiger partial charge in [0.1, 0.15) is 11.8 Å². The number of likely N-dealkylation sites (tertiary alicyclic amines) is 1.